The predicted molar refractivity (Wildman–Crippen MR) is 138 cm³/mol. The number of rotatable bonds is 14. The van der Waals surface area contributed by atoms with Crippen molar-refractivity contribution in [1.29, 1.82) is 0 Å². The van der Waals surface area contributed by atoms with Gasteiger partial charge in [0.2, 0.25) is 5.89 Å². The second-order valence-corrected chi connectivity index (χ2v) is 9.61. The van der Waals surface area contributed by atoms with Crippen molar-refractivity contribution in [2.45, 2.75) is 11.8 Å². The van der Waals surface area contributed by atoms with Crippen molar-refractivity contribution in [3.8, 4) is 17.2 Å². The summed E-state index contributed by atoms with van der Waals surface area (Å²) in [6, 6.07) is 15.7. The van der Waals surface area contributed by atoms with E-state index in [2.05, 4.69) is 15.3 Å². The Labute approximate surface area is 215 Å². The average Bonchev–Trinajstić information content (AvgIpc) is 3.33. The van der Waals surface area contributed by atoms with E-state index in [1.807, 2.05) is 44.3 Å². The van der Waals surface area contributed by atoms with E-state index in [-0.39, 0.29) is 18.1 Å². The van der Waals surface area contributed by atoms with Crippen LogP contribution in [-0.4, -0.2) is 65.1 Å². The van der Waals surface area contributed by atoms with Crippen molar-refractivity contribution >= 4 is 27.0 Å². The molecule has 0 bridgehead atoms. The Balaban J connectivity index is 1.11. The third kappa shape index (κ3) is 7.49. The molecule has 0 saturated heterocycles. The number of aryl methyl sites for hydroxylation is 1. The fourth-order valence-electron chi connectivity index (χ4n) is 3.30. The fraction of sp³-hybridized carbons (Fsp3) is 0.308. The Morgan fingerprint density at radius 3 is 2.32 bits per heavy atom. The molecule has 2 heterocycles. The van der Waals surface area contributed by atoms with Crippen LogP contribution < -0.4 is 10.1 Å². The molecule has 2 aromatic carbocycles. The molecular formula is C26H29N3O7S. The number of pyridine rings is 1. The highest BCUT2D eigenvalue weighted by Crippen LogP contribution is 2.27. The molecule has 196 valence electrons. The first kappa shape index (κ1) is 26.6. The number of fused-ring (bicyclic) bond motifs is 1. The van der Waals surface area contributed by atoms with Crippen molar-refractivity contribution in [1.82, 2.24) is 9.97 Å². The van der Waals surface area contributed by atoms with Crippen LogP contribution in [0.2, 0.25) is 0 Å². The summed E-state index contributed by atoms with van der Waals surface area (Å²) in [6.07, 6.45) is 1.70. The molecule has 0 aliphatic carbocycles. The van der Waals surface area contributed by atoms with Gasteiger partial charge in [0.25, 0.3) is 10.1 Å². The highest BCUT2D eigenvalue weighted by Gasteiger charge is 2.14. The molecule has 0 aliphatic heterocycles. The number of oxazole rings is 1. The first-order valence-electron chi connectivity index (χ1n) is 11.7. The van der Waals surface area contributed by atoms with Crippen LogP contribution in [-0.2, 0) is 23.8 Å². The number of hydrogen-bond donors (Lipinski definition) is 1. The van der Waals surface area contributed by atoms with E-state index in [4.69, 9.17) is 22.8 Å². The van der Waals surface area contributed by atoms with E-state index in [0.29, 0.717) is 49.2 Å². The topological polar surface area (TPSA) is 122 Å². The van der Waals surface area contributed by atoms with Crippen LogP contribution in [0.4, 0.5) is 5.82 Å². The maximum Gasteiger partial charge on any atom is 0.297 e. The lowest BCUT2D eigenvalue weighted by molar-refractivity contribution is 0.0279. The molecule has 0 amide bonds. The van der Waals surface area contributed by atoms with Gasteiger partial charge in [-0.25, -0.2) is 9.97 Å². The lowest BCUT2D eigenvalue weighted by Crippen LogP contribution is -2.14. The molecule has 0 saturated carbocycles. The molecule has 0 aliphatic rings. The van der Waals surface area contributed by atoms with E-state index in [1.165, 1.54) is 12.1 Å². The molecule has 10 nitrogen and oxygen atoms in total. The quantitative estimate of drug-likeness (QED) is 0.190. The van der Waals surface area contributed by atoms with Crippen molar-refractivity contribution in [3.05, 3.63) is 66.4 Å². The van der Waals surface area contributed by atoms with Crippen molar-refractivity contribution in [3.63, 3.8) is 0 Å². The maximum absolute atomic E-state index is 12.1. The Bertz CT molecular complexity index is 1390. The van der Waals surface area contributed by atoms with Crippen LogP contribution in [0.3, 0.4) is 0 Å². The molecule has 1 N–H and O–H groups in total. The standard InChI is InChI=1S/C26H29N3O7S/c1-19-3-7-22(8-4-19)37(30,31)35-16-14-33-12-11-32-13-15-34-21-6-9-24-23(17-21)29-26(36-24)20-5-10-25(27-2)28-18-20/h3-10,17-18H,11-16H2,1-2H3,(H,27,28). The summed E-state index contributed by atoms with van der Waals surface area (Å²) in [5.41, 5.74) is 3.10. The number of nitrogens with one attached hydrogen (secondary N) is 1. The van der Waals surface area contributed by atoms with Gasteiger partial charge in [0.15, 0.2) is 5.58 Å². The largest absolute Gasteiger partial charge is 0.491 e. The molecule has 2 aromatic heterocycles. The van der Waals surface area contributed by atoms with Gasteiger partial charge in [-0.05, 0) is 43.3 Å². The lowest BCUT2D eigenvalue weighted by atomic mass is 10.2. The minimum absolute atomic E-state index is 0.0661. The Kier molecular flexibility index (Phi) is 9.07. The minimum Gasteiger partial charge on any atom is -0.491 e. The number of hydrogen-bond acceptors (Lipinski definition) is 10. The van der Waals surface area contributed by atoms with Gasteiger partial charge in [0.05, 0.1) is 43.5 Å². The fourth-order valence-corrected chi connectivity index (χ4v) is 4.20. The number of benzene rings is 2. The molecule has 11 heteroatoms. The monoisotopic (exact) mass is 527 g/mol. The summed E-state index contributed by atoms with van der Waals surface area (Å²) >= 11 is 0. The molecule has 0 spiro atoms. The van der Waals surface area contributed by atoms with Crippen molar-refractivity contribution < 1.29 is 31.2 Å². The van der Waals surface area contributed by atoms with E-state index in [1.54, 1.807) is 18.3 Å². The van der Waals surface area contributed by atoms with Gasteiger partial charge in [-0.1, -0.05) is 17.7 Å². The predicted octanol–water partition coefficient (Wildman–Crippen LogP) is 4.06. The SMILES string of the molecule is CNc1ccc(-c2nc3cc(OCCOCCOCCOS(=O)(=O)c4ccc(C)cc4)ccc3o2)cn1. The summed E-state index contributed by atoms with van der Waals surface area (Å²) in [7, 11) is -1.97. The summed E-state index contributed by atoms with van der Waals surface area (Å²) in [4.78, 5) is 8.93. The van der Waals surface area contributed by atoms with Gasteiger partial charge in [0.1, 0.15) is 23.7 Å². The van der Waals surface area contributed by atoms with Crippen LogP contribution in [0.25, 0.3) is 22.6 Å². The average molecular weight is 528 g/mol. The van der Waals surface area contributed by atoms with Crippen LogP contribution in [0, 0.1) is 6.92 Å². The van der Waals surface area contributed by atoms with Gasteiger partial charge < -0.3 is 23.9 Å². The van der Waals surface area contributed by atoms with Crippen LogP contribution in [0.15, 0.2) is 70.1 Å². The van der Waals surface area contributed by atoms with E-state index >= 15 is 0 Å². The molecule has 37 heavy (non-hydrogen) atoms. The van der Waals surface area contributed by atoms with Crippen LogP contribution >= 0.6 is 0 Å². The minimum atomic E-state index is -3.78. The number of nitrogens with zero attached hydrogens (tertiary/aromatic N) is 2. The molecule has 4 aromatic rings. The van der Waals surface area contributed by atoms with Gasteiger partial charge in [-0.15, -0.1) is 0 Å². The molecule has 0 radical (unpaired) electrons. The van der Waals surface area contributed by atoms with Crippen molar-refractivity contribution in [2.24, 2.45) is 0 Å². The first-order chi connectivity index (χ1) is 17.9. The number of anilines is 1. The normalized spacial score (nSPS) is 11.6. The molecule has 0 atom stereocenters. The zero-order valence-electron chi connectivity index (χ0n) is 20.7. The van der Waals surface area contributed by atoms with Crippen molar-refractivity contribution in [2.75, 3.05) is 52.0 Å². The highest BCUT2D eigenvalue weighted by atomic mass is 32.2. The van der Waals surface area contributed by atoms with E-state index < -0.39 is 10.1 Å². The first-order valence-corrected chi connectivity index (χ1v) is 13.1. The lowest BCUT2D eigenvalue weighted by Gasteiger charge is -2.08. The van der Waals surface area contributed by atoms with Crippen LogP contribution in [0.5, 0.6) is 5.75 Å². The Morgan fingerprint density at radius 2 is 1.62 bits per heavy atom. The third-order valence-corrected chi connectivity index (χ3v) is 6.60. The van der Waals surface area contributed by atoms with E-state index in [0.717, 1.165) is 16.9 Å². The number of ether oxygens (including phenoxy) is 3. The number of aromatic nitrogens is 2. The second-order valence-electron chi connectivity index (χ2n) is 7.99. The van der Waals surface area contributed by atoms with Gasteiger partial charge in [0, 0.05) is 19.3 Å². The highest BCUT2D eigenvalue weighted by molar-refractivity contribution is 7.86. The molecular weight excluding hydrogens is 498 g/mol. The Hall–Kier alpha value is -3.51. The summed E-state index contributed by atoms with van der Waals surface area (Å²) in [6.45, 7) is 3.34. The maximum atomic E-state index is 12.1. The summed E-state index contributed by atoms with van der Waals surface area (Å²) in [5.74, 6) is 1.91. The smallest absolute Gasteiger partial charge is 0.297 e. The molecule has 0 fully saturated rings. The zero-order chi connectivity index (χ0) is 26.1. The van der Waals surface area contributed by atoms with Gasteiger partial charge >= 0.3 is 0 Å². The third-order valence-electron chi connectivity index (χ3n) is 5.27. The van der Waals surface area contributed by atoms with Gasteiger partial charge in [-0.2, -0.15) is 8.42 Å². The van der Waals surface area contributed by atoms with E-state index in [9.17, 15) is 8.42 Å². The summed E-state index contributed by atoms with van der Waals surface area (Å²) in [5, 5.41) is 2.97. The zero-order valence-corrected chi connectivity index (χ0v) is 21.5. The second kappa shape index (κ2) is 12.6. The van der Waals surface area contributed by atoms with Crippen LogP contribution in [0.1, 0.15) is 5.56 Å². The molecule has 4 rings (SSSR count). The Morgan fingerprint density at radius 1 is 0.892 bits per heavy atom. The van der Waals surface area contributed by atoms with Gasteiger partial charge in [-0.3, -0.25) is 4.18 Å². The molecule has 0 unspecified atom stereocenters. The summed E-state index contributed by atoms with van der Waals surface area (Å²) < 4.78 is 51.6.